The zero-order valence-electron chi connectivity index (χ0n) is 11.1. The average molecular weight is 295 g/mol. The smallest absolute Gasteiger partial charge is 0.0801 e. The van der Waals surface area contributed by atoms with Crippen molar-refractivity contribution in [3.8, 4) is 10.4 Å². The van der Waals surface area contributed by atoms with Gasteiger partial charge in [0.1, 0.15) is 0 Å². The second-order valence-electron chi connectivity index (χ2n) is 5.03. The molecule has 1 aliphatic rings. The van der Waals surface area contributed by atoms with Crippen molar-refractivity contribution >= 4 is 23.7 Å². The predicted molar refractivity (Wildman–Crippen MR) is 84.0 cm³/mol. The van der Waals surface area contributed by atoms with E-state index in [9.17, 15) is 0 Å². The maximum Gasteiger partial charge on any atom is 0.0801 e. The summed E-state index contributed by atoms with van der Waals surface area (Å²) in [4.78, 5) is 5.62. The van der Waals surface area contributed by atoms with Gasteiger partial charge in [-0.05, 0) is 48.9 Å². The first-order chi connectivity index (χ1) is 8.75. The second-order valence-corrected chi connectivity index (χ2v) is 5.89. The number of thiazole rings is 1. The minimum Gasteiger partial charge on any atom is -0.324 e. The molecule has 0 amide bonds. The summed E-state index contributed by atoms with van der Waals surface area (Å²) in [5, 5.41) is 0. The fourth-order valence-corrected chi connectivity index (χ4v) is 3.54. The van der Waals surface area contributed by atoms with Crippen LogP contribution in [-0.4, -0.2) is 4.98 Å². The second kappa shape index (κ2) is 6.04. The Morgan fingerprint density at radius 2 is 2.16 bits per heavy atom. The molecule has 1 aliphatic carbocycles. The first kappa shape index (κ1) is 14.5. The van der Waals surface area contributed by atoms with E-state index < -0.39 is 0 Å². The lowest BCUT2D eigenvalue weighted by atomic mass is 9.96. The monoisotopic (exact) mass is 294 g/mol. The van der Waals surface area contributed by atoms with Crippen LogP contribution in [0.25, 0.3) is 10.4 Å². The number of nitrogens with zero attached hydrogens (tertiary/aromatic N) is 1. The molecule has 2 aromatic rings. The van der Waals surface area contributed by atoms with E-state index in [2.05, 4.69) is 30.1 Å². The molecule has 2 N–H and O–H groups in total. The predicted octanol–water partition coefficient (Wildman–Crippen LogP) is 4.27. The zero-order valence-corrected chi connectivity index (χ0v) is 12.7. The number of rotatable bonds is 1. The summed E-state index contributed by atoms with van der Waals surface area (Å²) >= 11 is 1.72. The quantitative estimate of drug-likeness (QED) is 0.798. The number of hydrogen-bond donors (Lipinski definition) is 1. The minimum absolute atomic E-state index is 0. The lowest BCUT2D eigenvalue weighted by Crippen LogP contribution is -2.10. The Bertz CT molecular complexity index is 565. The van der Waals surface area contributed by atoms with Gasteiger partial charge in [-0.25, -0.2) is 4.98 Å². The van der Waals surface area contributed by atoms with Gasteiger partial charge < -0.3 is 5.73 Å². The van der Waals surface area contributed by atoms with Crippen molar-refractivity contribution in [3.63, 3.8) is 0 Å². The Morgan fingerprint density at radius 3 is 2.89 bits per heavy atom. The highest BCUT2D eigenvalue weighted by molar-refractivity contribution is 7.13. The van der Waals surface area contributed by atoms with E-state index in [0.29, 0.717) is 0 Å². The summed E-state index contributed by atoms with van der Waals surface area (Å²) in [6.45, 7) is 2.07. The topological polar surface area (TPSA) is 38.9 Å². The molecule has 0 saturated carbocycles. The van der Waals surface area contributed by atoms with Crippen molar-refractivity contribution in [2.24, 2.45) is 5.73 Å². The van der Waals surface area contributed by atoms with Crippen LogP contribution < -0.4 is 5.73 Å². The van der Waals surface area contributed by atoms with Crippen LogP contribution >= 0.6 is 23.7 Å². The Morgan fingerprint density at radius 1 is 1.32 bits per heavy atom. The van der Waals surface area contributed by atoms with Gasteiger partial charge >= 0.3 is 0 Å². The minimum atomic E-state index is 0. The van der Waals surface area contributed by atoms with Crippen LogP contribution in [0.5, 0.6) is 0 Å². The first-order valence-electron chi connectivity index (χ1n) is 6.54. The maximum absolute atomic E-state index is 6.24. The van der Waals surface area contributed by atoms with Gasteiger partial charge in [0.05, 0.1) is 16.1 Å². The Kier molecular flexibility index (Phi) is 4.61. The lowest BCUT2D eigenvalue weighted by molar-refractivity contribution is 0.615. The summed E-state index contributed by atoms with van der Waals surface area (Å²) < 4.78 is 0. The molecular weight excluding hydrogens is 276 g/mol. The standard InChI is InChI=1S/C15H18N2S.ClH/c1-10-15(18-9-17-10)12-6-7-13-11(8-12)4-2-3-5-14(13)16;/h6-9,14H,2-5,16H2,1H3;1H/t14-;/m0./s1. The van der Waals surface area contributed by atoms with E-state index in [4.69, 9.17) is 5.73 Å². The molecule has 0 bridgehead atoms. The molecule has 4 heteroatoms. The van der Waals surface area contributed by atoms with Crippen LogP contribution in [0, 0.1) is 6.92 Å². The summed E-state index contributed by atoms with van der Waals surface area (Å²) in [7, 11) is 0. The van der Waals surface area contributed by atoms with Gasteiger partial charge in [-0.3, -0.25) is 0 Å². The molecule has 0 saturated heterocycles. The van der Waals surface area contributed by atoms with Gasteiger partial charge in [0.25, 0.3) is 0 Å². The van der Waals surface area contributed by atoms with Crippen molar-refractivity contribution in [1.82, 2.24) is 4.98 Å². The van der Waals surface area contributed by atoms with Crippen molar-refractivity contribution < 1.29 is 0 Å². The number of nitrogens with two attached hydrogens (primary N) is 1. The molecule has 3 rings (SSSR count). The van der Waals surface area contributed by atoms with Crippen LogP contribution in [0.15, 0.2) is 23.7 Å². The van der Waals surface area contributed by atoms with Gasteiger partial charge in [-0.2, -0.15) is 0 Å². The molecule has 0 spiro atoms. The molecule has 1 atom stereocenters. The Balaban J connectivity index is 0.00000133. The fourth-order valence-electron chi connectivity index (χ4n) is 2.74. The molecule has 0 radical (unpaired) electrons. The SMILES string of the molecule is Cc1ncsc1-c1ccc2c(c1)CCCC[C@@H]2N.Cl. The highest BCUT2D eigenvalue weighted by Gasteiger charge is 2.16. The van der Waals surface area contributed by atoms with E-state index in [0.717, 1.165) is 18.5 Å². The number of aryl methyl sites for hydroxylation is 2. The Labute approximate surface area is 124 Å². The molecule has 2 nitrogen and oxygen atoms in total. The van der Waals surface area contributed by atoms with Gasteiger partial charge in [-0.1, -0.05) is 18.6 Å². The molecule has 1 aromatic carbocycles. The first-order valence-corrected chi connectivity index (χ1v) is 7.42. The van der Waals surface area contributed by atoms with Crippen molar-refractivity contribution in [1.29, 1.82) is 0 Å². The maximum atomic E-state index is 6.24. The van der Waals surface area contributed by atoms with Crippen LogP contribution in [0.1, 0.15) is 42.1 Å². The molecule has 19 heavy (non-hydrogen) atoms. The summed E-state index contributed by atoms with van der Waals surface area (Å²) in [5.74, 6) is 0. The lowest BCUT2D eigenvalue weighted by Gasteiger charge is -2.13. The Hall–Kier alpha value is -0.900. The van der Waals surface area contributed by atoms with E-state index in [1.165, 1.54) is 34.4 Å². The van der Waals surface area contributed by atoms with Crippen LogP contribution in [0.4, 0.5) is 0 Å². The third-order valence-electron chi connectivity index (χ3n) is 3.76. The number of fused-ring (bicyclic) bond motifs is 1. The van der Waals surface area contributed by atoms with Crippen LogP contribution in [-0.2, 0) is 6.42 Å². The molecule has 102 valence electrons. The van der Waals surface area contributed by atoms with Gasteiger partial charge in [0.15, 0.2) is 0 Å². The normalized spacial score (nSPS) is 18.3. The largest absolute Gasteiger partial charge is 0.324 e. The summed E-state index contributed by atoms with van der Waals surface area (Å²) in [6.07, 6.45) is 4.78. The molecular formula is C15H19ClN2S. The highest BCUT2D eigenvalue weighted by atomic mass is 35.5. The summed E-state index contributed by atoms with van der Waals surface area (Å²) in [5.41, 5.74) is 13.4. The molecule has 0 fully saturated rings. The molecule has 1 heterocycles. The number of hydrogen-bond acceptors (Lipinski definition) is 3. The van der Waals surface area contributed by atoms with E-state index in [-0.39, 0.29) is 18.4 Å². The van der Waals surface area contributed by atoms with Gasteiger partial charge in [0, 0.05) is 6.04 Å². The van der Waals surface area contributed by atoms with E-state index >= 15 is 0 Å². The zero-order chi connectivity index (χ0) is 12.5. The van der Waals surface area contributed by atoms with Gasteiger partial charge in [0.2, 0.25) is 0 Å². The van der Waals surface area contributed by atoms with E-state index in [1.54, 1.807) is 11.3 Å². The van der Waals surface area contributed by atoms with Crippen molar-refractivity contribution in [2.45, 2.75) is 38.6 Å². The average Bonchev–Trinajstić information content (AvgIpc) is 2.71. The molecule has 0 unspecified atom stereocenters. The fraction of sp³-hybridized carbons (Fsp3) is 0.400. The number of halogens is 1. The molecule has 1 aromatic heterocycles. The molecule has 0 aliphatic heterocycles. The van der Waals surface area contributed by atoms with Gasteiger partial charge in [-0.15, -0.1) is 23.7 Å². The van der Waals surface area contributed by atoms with Crippen LogP contribution in [0.3, 0.4) is 0 Å². The van der Waals surface area contributed by atoms with Crippen molar-refractivity contribution in [2.75, 3.05) is 0 Å². The number of benzene rings is 1. The van der Waals surface area contributed by atoms with E-state index in [1.807, 2.05) is 5.51 Å². The van der Waals surface area contributed by atoms with Crippen molar-refractivity contribution in [3.05, 3.63) is 40.5 Å². The third kappa shape index (κ3) is 2.83. The summed E-state index contributed by atoms with van der Waals surface area (Å²) in [6, 6.07) is 6.96. The highest BCUT2D eigenvalue weighted by Crippen LogP contribution is 2.33. The number of aromatic nitrogens is 1. The van der Waals surface area contributed by atoms with Crippen LogP contribution in [0.2, 0.25) is 0 Å². The third-order valence-corrected chi connectivity index (χ3v) is 4.74.